The molecule has 1 saturated heterocycles. The Bertz CT molecular complexity index is 1060. The van der Waals surface area contributed by atoms with E-state index in [0.29, 0.717) is 30.8 Å². The molecular weight excluding hydrogens is 424 g/mol. The van der Waals surface area contributed by atoms with E-state index < -0.39 is 5.41 Å². The van der Waals surface area contributed by atoms with Gasteiger partial charge in [0.1, 0.15) is 22.7 Å². The number of piperazine rings is 1. The van der Waals surface area contributed by atoms with Crippen LogP contribution < -0.4 is 14.5 Å². The topological polar surface area (TPSA) is 49.9 Å². The van der Waals surface area contributed by atoms with Gasteiger partial charge in [0.2, 0.25) is 0 Å². The molecule has 5 nitrogen and oxygen atoms in total. The largest absolute Gasteiger partial charge is 0.497 e. The molecule has 0 aromatic heterocycles. The summed E-state index contributed by atoms with van der Waals surface area (Å²) < 4.78 is 5.30. The van der Waals surface area contributed by atoms with E-state index in [1.54, 1.807) is 7.11 Å². The number of anilines is 2. The van der Waals surface area contributed by atoms with Crippen LogP contribution in [0.3, 0.4) is 0 Å². The minimum absolute atomic E-state index is 0.0656. The first-order valence-corrected chi connectivity index (χ1v) is 11.6. The zero-order valence-corrected chi connectivity index (χ0v) is 19.6. The van der Waals surface area contributed by atoms with Gasteiger partial charge in [-0.05, 0) is 53.8 Å². The van der Waals surface area contributed by atoms with Gasteiger partial charge >= 0.3 is 0 Å². The highest BCUT2D eigenvalue weighted by atomic mass is 35.5. The van der Waals surface area contributed by atoms with Crippen LogP contribution in [0.1, 0.15) is 32.3 Å². The maximum atomic E-state index is 13.8. The van der Waals surface area contributed by atoms with E-state index in [9.17, 15) is 9.59 Å². The SMILES string of the molecule is COc1ccc(N2CCN3c4cccc(Cl)c4CC4(C(=O)CC(C)(C)CC4=O)C3C2)cc1. The molecule has 168 valence electrons. The maximum Gasteiger partial charge on any atom is 0.149 e. The number of hydrogen-bond acceptors (Lipinski definition) is 5. The van der Waals surface area contributed by atoms with Gasteiger partial charge in [-0.3, -0.25) is 9.59 Å². The van der Waals surface area contributed by atoms with E-state index >= 15 is 0 Å². The number of ether oxygens (including phenoxy) is 1. The third kappa shape index (κ3) is 3.21. The molecule has 3 aliphatic rings. The van der Waals surface area contributed by atoms with Gasteiger partial charge in [0.15, 0.2) is 0 Å². The van der Waals surface area contributed by atoms with Crippen molar-refractivity contribution in [2.24, 2.45) is 10.8 Å². The molecule has 2 fully saturated rings. The van der Waals surface area contributed by atoms with Crippen LogP contribution >= 0.6 is 11.6 Å². The van der Waals surface area contributed by atoms with Crippen LogP contribution in [0, 0.1) is 10.8 Å². The number of benzene rings is 2. The second-order valence-corrected chi connectivity index (χ2v) is 10.5. The Kier molecular flexibility index (Phi) is 5.01. The Balaban J connectivity index is 1.59. The molecule has 1 unspecified atom stereocenters. The van der Waals surface area contributed by atoms with Gasteiger partial charge in [0, 0.05) is 48.9 Å². The number of carbonyl (C=O) groups is 2. The second kappa shape index (κ2) is 7.51. The standard InChI is InChI=1S/C26H29ClN2O3/c1-25(2)14-23(30)26(24(31)15-25)13-19-20(27)5-4-6-21(19)29-12-11-28(16-22(26)29)17-7-9-18(32-3)10-8-17/h4-10,22H,11-16H2,1-3H3. The summed E-state index contributed by atoms with van der Waals surface area (Å²) in [5.74, 6) is 0.941. The number of halogens is 1. The minimum Gasteiger partial charge on any atom is -0.497 e. The molecule has 6 heteroatoms. The summed E-state index contributed by atoms with van der Waals surface area (Å²) in [6, 6.07) is 13.7. The number of methoxy groups -OCH3 is 1. The van der Waals surface area contributed by atoms with Gasteiger partial charge in [-0.15, -0.1) is 0 Å². The zero-order chi connectivity index (χ0) is 22.7. The summed E-state index contributed by atoms with van der Waals surface area (Å²) in [6.45, 7) is 6.19. The fourth-order valence-electron chi connectivity index (χ4n) is 5.88. The van der Waals surface area contributed by atoms with Gasteiger partial charge in [-0.1, -0.05) is 31.5 Å². The average molecular weight is 453 g/mol. The molecule has 0 radical (unpaired) electrons. The first-order chi connectivity index (χ1) is 15.2. The fourth-order valence-corrected chi connectivity index (χ4v) is 6.12. The number of hydrogen-bond donors (Lipinski definition) is 0. The highest BCUT2D eigenvalue weighted by Crippen LogP contribution is 2.52. The fraction of sp³-hybridized carbons (Fsp3) is 0.462. The lowest BCUT2D eigenvalue weighted by Gasteiger charge is -2.56. The van der Waals surface area contributed by atoms with Crippen LogP contribution in [-0.2, 0) is 16.0 Å². The van der Waals surface area contributed by atoms with Crippen molar-refractivity contribution in [3.05, 3.63) is 53.1 Å². The molecule has 5 rings (SSSR count). The molecule has 32 heavy (non-hydrogen) atoms. The van der Waals surface area contributed by atoms with Gasteiger partial charge in [0.05, 0.1) is 13.2 Å². The van der Waals surface area contributed by atoms with Gasteiger partial charge in [0.25, 0.3) is 0 Å². The molecule has 0 amide bonds. The number of rotatable bonds is 2. The maximum absolute atomic E-state index is 13.8. The Morgan fingerprint density at radius 2 is 1.66 bits per heavy atom. The number of ketones is 2. The number of nitrogens with zero attached hydrogens (tertiary/aromatic N) is 2. The monoisotopic (exact) mass is 452 g/mol. The summed E-state index contributed by atoms with van der Waals surface area (Å²) in [5, 5.41) is 0.642. The zero-order valence-electron chi connectivity index (χ0n) is 18.9. The second-order valence-electron chi connectivity index (χ2n) is 10.1. The van der Waals surface area contributed by atoms with E-state index in [4.69, 9.17) is 16.3 Å². The van der Waals surface area contributed by atoms with Crippen LogP contribution in [0.4, 0.5) is 11.4 Å². The molecule has 0 bridgehead atoms. The highest BCUT2D eigenvalue weighted by molar-refractivity contribution is 6.32. The summed E-state index contributed by atoms with van der Waals surface area (Å²) in [4.78, 5) is 32.1. The van der Waals surface area contributed by atoms with E-state index in [0.717, 1.165) is 35.8 Å². The average Bonchev–Trinajstić information content (AvgIpc) is 2.77. The van der Waals surface area contributed by atoms with Gasteiger partial charge in [-0.2, -0.15) is 0 Å². The van der Waals surface area contributed by atoms with Crippen molar-refractivity contribution in [2.75, 3.05) is 36.5 Å². The predicted octanol–water partition coefficient (Wildman–Crippen LogP) is 4.54. The Hall–Kier alpha value is -2.53. The van der Waals surface area contributed by atoms with Crippen molar-refractivity contribution in [2.45, 2.75) is 39.2 Å². The lowest BCUT2D eigenvalue weighted by molar-refractivity contribution is -0.150. The molecular formula is C26H29ClN2O3. The third-order valence-electron chi connectivity index (χ3n) is 7.52. The van der Waals surface area contributed by atoms with Crippen LogP contribution in [0.15, 0.2) is 42.5 Å². The minimum atomic E-state index is -1.04. The molecule has 1 aliphatic carbocycles. The normalized spacial score (nSPS) is 23.7. The van der Waals surface area contributed by atoms with Crippen molar-refractivity contribution in [3.63, 3.8) is 0 Å². The number of Topliss-reactive ketones (excluding diaryl/α,β-unsaturated/α-hetero) is 2. The van der Waals surface area contributed by atoms with Crippen LogP contribution in [-0.4, -0.2) is 44.4 Å². The predicted molar refractivity (Wildman–Crippen MR) is 127 cm³/mol. The molecule has 2 aliphatic heterocycles. The molecule has 1 spiro atoms. The van der Waals surface area contributed by atoms with Crippen molar-refractivity contribution >= 4 is 34.5 Å². The molecule has 1 atom stereocenters. The van der Waals surface area contributed by atoms with Crippen LogP contribution in [0.5, 0.6) is 5.75 Å². The molecule has 2 aromatic carbocycles. The van der Waals surface area contributed by atoms with Crippen molar-refractivity contribution in [1.82, 2.24) is 0 Å². The Morgan fingerprint density at radius 1 is 0.969 bits per heavy atom. The lowest BCUT2D eigenvalue weighted by atomic mass is 9.56. The number of fused-ring (bicyclic) bond motifs is 4. The molecule has 0 N–H and O–H groups in total. The third-order valence-corrected chi connectivity index (χ3v) is 7.87. The van der Waals surface area contributed by atoms with Crippen molar-refractivity contribution in [1.29, 1.82) is 0 Å². The van der Waals surface area contributed by atoms with Crippen LogP contribution in [0.25, 0.3) is 0 Å². The van der Waals surface area contributed by atoms with Gasteiger partial charge in [-0.25, -0.2) is 0 Å². The summed E-state index contributed by atoms with van der Waals surface area (Å²) in [6.07, 6.45) is 1.24. The van der Waals surface area contributed by atoms with E-state index in [1.807, 2.05) is 50.2 Å². The Morgan fingerprint density at radius 3 is 2.31 bits per heavy atom. The number of carbonyl (C=O) groups excluding carboxylic acids is 2. The lowest BCUT2D eigenvalue weighted by Crippen LogP contribution is -2.69. The first kappa shape index (κ1) is 21.3. The van der Waals surface area contributed by atoms with E-state index in [2.05, 4.69) is 15.9 Å². The summed E-state index contributed by atoms with van der Waals surface area (Å²) in [7, 11) is 1.66. The van der Waals surface area contributed by atoms with E-state index in [1.165, 1.54) is 0 Å². The summed E-state index contributed by atoms with van der Waals surface area (Å²) >= 11 is 6.61. The van der Waals surface area contributed by atoms with Crippen LogP contribution in [0.2, 0.25) is 5.02 Å². The first-order valence-electron chi connectivity index (χ1n) is 11.2. The van der Waals surface area contributed by atoms with Gasteiger partial charge < -0.3 is 14.5 Å². The molecule has 1 saturated carbocycles. The quantitative estimate of drug-likeness (QED) is 0.626. The van der Waals surface area contributed by atoms with Crippen molar-refractivity contribution < 1.29 is 14.3 Å². The Labute approximate surface area is 194 Å². The highest BCUT2D eigenvalue weighted by Gasteiger charge is 2.61. The molecule has 2 aromatic rings. The van der Waals surface area contributed by atoms with E-state index in [-0.39, 0.29) is 23.0 Å². The van der Waals surface area contributed by atoms with Crippen molar-refractivity contribution in [3.8, 4) is 5.75 Å². The smallest absolute Gasteiger partial charge is 0.149 e. The molecule has 2 heterocycles. The summed E-state index contributed by atoms with van der Waals surface area (Å²) in [5.41, 5.74) is 1.74.